The molecule has 2 rings (SSSR count). The largest absolute Gasteiger partial charge is 0.491 e. The molecule has 122 valence electrons. The molecular weight excluding hydrogens is 320 g/mol. The number of hydrogen-bond donors (Lipinski definition) is 1. The third kappa shape index (κ3) is 4.43. The van der Waals surface area contributed by atoms with Crippen LogP contribution in [0.3, 0.4) is 0 Å². The number of nitro groups is 1. The van der Waals surface area contributed by atoms with E-state index in [2.05, 4.69) is 4.72 Å². The summed E-state index contributed by atoms with van der Waals surface area (Å²) in [6, 6.07) is 11.2. The molecule has 0 aliphatic rings. The fourth-order valence-corrected chi connectivity index (χ4v) is 2.89. The van der Waals surface area contributed by atoms with Gasteiger partial charge in [0.05, 0.1) is 15.9 Å². The van der Waals surface area contributed by atoms with Crippen LogP contribution >= 0.6 is 0 Å². The summed E-state index contributed by atoms with van der Waals surface area (Å²) in [5.41, 5.74) is 0.207. The molecule has 0 spiro atoms. The second kappa shape index (κ2) is 6.66. The van der Waals surface area contributed by atoms with Gasteiger partial charge in [0.15, 0.2) is 0 Å². The summed E-state index contributed by atoms with van der Waals surface area (Å²) in [5, 5.41) is 10.6. The number of hydrogen-bond acceptors (Lipinski definition) is 5. The van der Waals surface area contributed by atoms with Gasteiger partial charge in [0.1, 0.15) is 5.75 Å². The second-order valence-electron chi connectivity index (χ2n) is 5.05. The Morgan fingerprint density at radius 3 is 2.09 bits per heavy atom. The minimum absolute atomic E-state index is 0.0256. The smallest absolute Gasteiger partial charge is 0.269 e. The van der Waals surface area contributed by atoms with Gasteiger partial charge in [0.25, 0.3) is 15.7 Å². The predicted molar refractivity (Wildman–Crippen MR) is 86.1 cm³/mol. The third-order valence-electron chi connectivity index (χ3n) is 2.84. The van der Waals surface area contributed by atoms with Gasteiger partial charge in [0, 0.05) is 17.8 Å². The summed E-state index contributed by atoms with van der Waals surface area (Å²) >= 11 is 0. The van der Waals surface area contributed by atoms with Crippen LogP contribution in [0.5, 0.6) is 5.75 Å². The lowest BCUT2D eigenvalue weighted by atomic mass is 10.3. The predicted octanol–water partition coefficient (Wildman–Crippen LogP) is 3.18. The number of benzene rings is 2. The first kappa shape index (κ1) is 16.8. The molecule has 0 heterocycles. The molecule has 1 N–H and O–H groups in total. The van der Waals surface area contributed by atoms with Gasteiger partial charge in [-0.25, -0.2) is 8.42 Å². The fraction of sp³-hybridized carbons (Fsp3) is 0.200. The van der Waals surface area contributed by atoms with Gasteiger partial charge < -0.3 is 4.74 Å². The molecule has 2 aromatic carbocycles. The third-order valence-corrected chi connectivity index (χ3v) is 4.23. The lowest BCUT2D eigenvalue weighted by molar-refractivity contribution is -0.384. The van der Waals surface area contributed by atoms with Crippen LogP contribution < -0.4 is 9.46 Å². The first-order valence-electron chi connectivity index (χ1n) is 6.82. The van der Waals surface area contributed by atoms with Crippen molar-refractivity contribution in [2.75, 3.05) is 4.72 Å². The van der Waals surface area contributed by atoms with Crippen LogP contribution in [-0.2, 0) is 10.0 Å². The van der Waals surface area contributed by atoms with Gasteiger partial charge >= 0.3 is 0 Å². The fourth-order valence-electron chi connectivity index (χ4n) is 1.83. The molecule has 0 saturated heterocycles. The molecule has 0 saturated carbocycles. The van der Waals surface area contributed by atoms with E-state index in [0.717, 1.165) is 12.1 Å². The Balaban J connectivity index is 2.15. The minimum atomic E-state index is -3.81. The first-order valence-corrected chi connectivity index (χ1v) is 8.30. The Kier molecular flexibility index (Phi) is 4.85. The Hall–Kier alpha value is -2.61. The van der Waals surface area contributed by atoms with E-state index in [0.29, 0.717) is 11.4 Å². The Bertz CT molecular complexity index is 784. The van der Waals surface area contributed by atoms with E-state index in [1.165, 1.54) is 12.1 Å². The van der Waals surface area contributed by atoms with Gasteiger partial charge in [-0.2, -0.15) is 0 Å². The maximum absolute atomic E-state index is 12.2. The van der Waals surface area contributed by atoms with Crippen molar-refractivity contribution in [3.05, 3.63) is 58.6 Å². The summed E-state index contributed by atoms with van der Waals surface area (Å²) in [4.78, 5) is 9.95. The molecule has 7 nitrogen and oxygen atoms in total. The van der Waals surface area contributed by atoms with Crippen molar-refractivity contribution in [1.29, 1.82) is 0 Å². The van der Waals surface area contributed by atoms with E-state index in [4.69, 9.17) is 4.74 Å². The zero-order valence-electron chi connectivity index (χ0n) is 12.6. The van der Waals surface area contributed by atoms with E-state index >= 15 is 0 Å². The highest BCUT2D eigenvalue weighted by Gasteiger charge is 2.16. The van der Waals surface area contributed by atoms with Crippen molar-refractivity contribution in [2.24, 2.45) is 0 Å². The monoisotopic (exact) mass is 336 g/mol. The lowest BCUT2D eigenvalue weighted by Gasteiger charge is -2.11. The molecule has 0 amide bonds. The van der Waals surface area contributed by atoms with Crippen molar-refractivity contribution in [3.63, 3.8) is 0 Å². The second-order valence-corrected chi connectivity index (χ2v) is 6.73. The summed E-state index contributed by atoms with van der Waals surface area (Å²) < 4.78 is 32.4. The van der Waals surface area contributed by atoms with Crippen LogP contribution in [0, 0.1) is 10.1 Å². The molecule has 0 aromatic heterocycles. The topological polar surface area (TPSA) is 98.5 Å². The molecule has 0 radical (unpaired) electrons. The molecule has 0 aliphatic carbocycles. The van der Waals surface area contributed by atoms with Crippen molar-refractivity contribution in [3.8, 4) is 5.75 Å². The Morgan fingerprint density at radius 1 is 1.04 bits per heavy atom. The maximum atomic E-state index is 12.2. The average molecular weight is 336 g/mol. The van der Waals surface area contributed by atoms with Crippen LogP contribution in [0.25, 0.3) is 0 Å². The van der Waals surface area contributed by atoms with E-state index < -0.39 is 14.9 Å². The van der Waals surface area contributed by atoms with Crippen LogP contribution in [0.4, 0.5) is 11.4 Å². The molecule has 0 aliphatic heterocycles. The molecule has 2 aromatic rings. The lowest BCUT2D eigenvalue weighted by Crippen LogP contribution is -2.13. The summed E-state index contributed by atoms with van der Waals surface area (Å²) in [7, 11) is -3.81. The standard InChI is InChI=1S/C15H16N2O5S/c1-11(2)22-14-7-3-12(4-8-14)16-23(20,21)15-9-5-13(6-10-15)17(18)19/h3-11,16H,1-2H3. The summed E-state index contributed by atoms with van der Waals surface area (Å²) in [5.74, 6) is 0.637. The quantitative estimate of drug-likeness (QED) is 0.645. The van der Waals surface area contributed by atoms with Gasteiger partial charge in [-0.15, -0.1) is 0 Å². The Morgan fingerprint density at radius 2 is 1.61 bits per heavy atom. The highest BCUT2D eigenvalue weighted by molar-refractivity contribution is 7.92. The van der Waals surface area contributed by atoms with Gasteiger partial charge in [-0.3, -0.25) is 14.8 Å². The van der Waals surface area contributed by atoms with Crippen molar-refractivity contribution in [1.82, 2.24) is 0 Å². The van der Waals surface area contributed by atoms with Crippen molar-refractivity contribution < 1.29 is 18.1 Å². The zero-order chi connectivity index (χ0) is 17.0. The average Bonchev–Trinajstić information content (AvgIpc) is 2.48. The van der Waals surface area contributed by atoms with E-state index in [9.17, 15) is 18.5 Å². The zero-order valence-corrected chi connectivity index (χ0v) is 13.4. The van der Waals surface area contributed by atoms with Crippen molar-refractivity contribution >= 4 is 21.4 Å². The molecule has 8 heteroatoms. The molecule has 0 atom stereocenters. The number of non-ortho nitro benzene ring substituents is 1. The minimum Gasteiger partial charge on any atom is -0.491 e. The van der Waals surface area contributed by atoms with Crippen LogP contribution in [0.2, 0.25) is 0 Å². The summed E-state index contributed by atoms with van der Waals surface area (Å²) in [6.07, 6.45) is 0.0256. The van der Waals surface area contributed by atoms with E-state index in [1.807, 2.05) is 13.8 Å². The number of anilines is 1. The van der Waals surface area contributed by atoms with Crippen LogP contribution in [-0.4, -0.2) is 19.4 Å². The van der Waals surface area contributed by atoms with Crippen molar-refractivity contribution in [2.45, 2.75) is 24.8 Å². The highest BCUT2D eigenvalue weighted by Crippen LogP contribution is 2.21. The van der Waals surface area contributed by atoms with Gasteiger partial charge in [-0.05, 0) is 50.2 Å². The van der Waals surface area contributed by atoms with Crippen LogP contribution in [0.15, 0.2) is 53.4 Å². The summed E-state index contributed by atoms with van der Waals surface area (Å²) in [6.45, 7) is 3.79. The number of sulfonamides is 1. The van der Waals surface area contributed by atoms with Gasteiger partial charge in [-0.1, -0.05) is 0 Å². The number of nitrogens with one attached hydrogen (secondary N) is 1. The first-order chi connectivity index (χ1) is 10.8. The normalized spacial score (nSPS) is 11.3. The SMILES string of the molecule is CC(C)Oc1ccc(NS(=O)(=O)c2ccc([N+](=O)[O-])cc2)cc1. The molecule has 0 bridgehead atoms. The number of nitro benzene ring substituents is 1. The van der Waals surface area contributed by atoms with E-state index in [1.54, 1.807) is 24.3 Å². The number of ether oxygens (including phenoxy) is 1. The maximum Gasteiger partial charge on any atom is 0.269 e. The molecule has 0 unspecified atom stereocenters. The molecule has 0 fully saturated rings. The van der Waals surface area contributed by atoms with Gasteiger partial charge in [0.2, 0.25) is 0 Å². The highest BCUT2D eigenvalue weighted by atomic mass is 32.2. The number of nitrogens with zero attached hydrogens (tertiary/aromatic N) is 1. The Labute approximate surface area is 134 Å². The molecular formula is C15H16N2O5S. The van der Waals surface area contributed by atoms with Crippen LogP contribution in [0.1, 0.15) is 13.8 Å². The van der Waals surface area contributed by atoms with E-state index in [-0.39, 0.29) is 16.7 Å². The molecule has 23 heavy (non-hydrogen) atoms. The number of rotatable bonds is 6.